The van der Waals surface area contributed by atoms with Crippen molar-refractivity contribution in [1.29, 1.82) is 0 Å². The van der Waals surface area contributed by atoms with Crippen molar-refractivity contribution in [1.82, 2.24) is 4.90 Å². The second-order valence-electron chi connectivity index (χ2n) is 5.21. The molecule has 3 rings (SSSR count). The number of benzene rings is 1. The Hall–Kier alpha value is -1.17. The summed E-state index contributed by atoms with van der Waals surface area (Å²) < 4.78 is 24.2. The Kier molecular flexibility index (Phi) is 3.20. The molecule has 0 atom stereocenters. The van der Waals surface area contributed by atoms with Gasteiger partial charge in [-0.2, -0.15) is 0 Å². The van der Waals surface area contributed by atoms with Crippen LogP contribution < -0.4 is 5.73 Å². The third kappa shape index (κ3) is 2.33. The number of sulfone groups is 1. The lowest BCUT2D eigenvalue weighted by Gasteiger charge is -2.15. The fourth-order valence-electron chi connectivity index (χ4n) is 2.82. The van der Waals surface area contributed by atoms with Crippen molar-refractivity contribution in [3.8, 4) is 0 Å². The van der Waals surface area contributed by atoms with Crippen LogP contribution in [0.2, 0.25) is 0 Å². The number of hydrogen-bond acceptors (Lipinski definition) is 4. The lowest BCUT2D eigenvalue weighted by molar-refractivity contribution is 0.383. The van der Waals surface area contributed by atoms with Gasteiger partial charge in [0.2, 0.25) is 9.84 Å². The molecule has 2 aliphatic rings. The highest BCUT2D eigenvalue weighted by Gasteiger charge is 2.28. The standard InChI is InChI=1S/C14H18N2O2S/c15-8-11-3-4-14-13(7-11)12(10-19(14,17)18)9-16-5-1-2-6-16/h3-4,7,10H,1-2,5-6,8-9,15H2. The second kappa shape index (κ2) is 4.74. The maximum Gasteiger partial charge on any atom is 0.200 e. The first-order valence-electron chi connectivity index (χ1n) is 6.61. The van der Waals surface area contributed by atoms with Gasteiger partial charge < -0.3 is 5.73 Å². The van der Waals surface area contributed by atoms with Gasteiger partial charge in [-0.3, -0.25) is 4.90 Å². The molecule has 0 amide bonds. The predicted octanol–water partition coefficient (Wildman–Crippen LogP) is 1.37. The molecule has 0 spiro atoms. The first-order valence-corrected chi connectivity index (χ1v) is 8.16. The summed E-state index contributed by atoms with van der Waals surface area (Å²) in [4.78, 5) is 2.74. The summed E-state index contributed by atoms with van der Waals surface area (Å²) in [6.45, 7) is 3.27. The highest BCUT2D eigenvalue weighted by Crippen LogP contribution is 2.34. The van der Waals surface area contributed by atoms with Crippen molar-refractivity contribution >= 4 is 15.4 Å². The summed E-state index contributed by atoms with van der Waals surface area (Å²) >= 11 is 0. The van der Waals surface area contributed by atoms with Gasteiger partial charge in [-0.15, -0.1) is 0 Å². The molecule has 2 aliphatic heterocycles. The molecule has 2 N–H and O–H groups in total. The Bertz CT molecular complexity index is 629. The van der Waals surface area contributed by atoms with Crippen LogP contribution in [0.4, 0.5) is 0 Å². The molecule has 1 aromatic carbocycles. The van der Waals surface area contributed by atoms with E-state index in [1.54, 1.807) is 12.1 Å². The van der Waals surface area contributed by atoms with E-state index in [0.717, 1.165) is 36.3 Å². The zero-order chi connectivity index (χ0) is 13.5. The van der Waals surface area contributed by atoms with Gasteiger partial charge in [-0.05, 0) is 54.8 Å². The second-order valence-corrected chi connectivity index (χ2v) is 6.97. The van der Waals surface area contributed by atoms with E-state index < -0.39 is 9.84 Å². The first-order chi connectivity index (χ1) is 9.10. The molecule has 0 unspecified atom stereocenters. The van der Waals surface area contributed by atoms with Crippen LogP contribution in [0.5, 0.6) is 0 Å². The average molecular weight is 278 g/mol. The Morgan fingerprint density at radius 1 is 1.21 bits per heavy atom. The summed E-state index contributed by atoms with van der Waals surface area (Å²) in [5.41, 5.74) is 8.37. The first kappa shape index (κ1) is 12.8. The van der Waals surface area contributed by atoms with Gasteiger partial charge in [-0.25, -0.2) is 8.42 Å². The fraction of sp³-hybridized carbons (Fsp3) is 0.429. The van der Waals surface area contributed by atoms with Gasteiger partial charge in [0, 0.05) is 18.5 Å². The Labute approximate surface area is 113 Å². The van der Waals surface area contributed by atoms with Gasteiger partial charge in [0.05, 0.1) is 4.90 Å². The molecule has 0 saturated carbocycles. The van der Waals surface area contributed by atoms with E-state index in [1.807, 2.05) is 6.07 Å². The molecule has 1 aromatic rings. The quantitative estimate of drug-likeness (QED) is 0.907. The van der Waals surface area contributed by atoms with E-state index in [0.29, 0.717) is 11.4 Å². The van der Waals surface area contributed by atoms with E-state index in [-0.39, 0.29) is 0 Å². The highest BCUT2D eigenvalue weighted by atomic mass is 32.2. The summed E-state index contributed by atoms with van der Waals surface area (Å²) in [6, 6.07) is 5.39. The third-order valence-electron chi connectivity index (χ3n) is 3.82. The van der Waals surface area contributed by atoms with E-state index in [9.17, 15) is 8.42 Å². The van der Waals surface area contributed by atoms with Gasteiger partial charge in [0.25, 0.3) is 0 Å². The molecule has 102 valence electrons. The number of likely N-dealkylation sites (tertiary alicyclic amines) is 1. The van der Waals surface area contributed by atoms with Crippen molar-refractivity contribution in [2.45, 2.75) is 24.3 Å². The summed E-state index contributed by atoms with van der Waals surface area (Å²) in [7, 11) is -3.25. The van der Waals surface area contributed by atoms with Crippen molar-refractivity contribution in [2.24, 2.45) is 5.73 Å². The fourth-order valence-corrected chi connectivity index (χ4v) is 4.28. The minimum absolute atomic E-state index is 0.430. The molecule has 5 heteroatoms. The lowest BCUT2D eigenvalue weighted by Crippen LogP contribution is -2.21. The zero-order valence-electron chi connectivity index (χ0n) is 10.8. The average Bonchev–Trinajstić information content (AvgIpc) is 2.97. The van der Waals surface area contributed by atoms with Crippen LogP contribution in [-0.2, 0) is 16.4 Å². The van der Waals surface area contributed by atoms with Crippen LogP contribution in [0.15, 0.2) is 28.5 Å². The number of nitrogens with zero attached hydrogens (tertiary/aromatic N) is 1. The minimum atomic E-state index is -3.25. The topological polar surface area (TPSA) is 63.4 Å². The minimum Gasteiger partial charge on any atom is -0.326 e. The van der Waals surface area contributed by atoms with Gasteiger partial charge in [0.15, 0.2) is 0 Å². The van der Waals surface area contributed by atoms with Crippen LogP contribution in [0.3, 0.4) is 0 Å². The largest absolute Gasteiger partial charge is 0.326 e. The molecule has 0 bridgehead atoms. The van der Waals surface area contributed by atoms with Crippen molar-refractivity contribution in [3.05, 3.63) is 34.7 Å². The van der Waals surface area contributed by atoms with Crippen molar-refractivity contribution in [2.75, 3.05) is 19.6 Å². The van der Waals surface area contributed by atoms with Crippen LogP contribution in [0, 0.1) is 0 Å². The molecule has 0 aliphatic carbocycles. The molecule has 19 heavy (non-hydrogen) atoms. The molecule has 2 heterocycles. The monoisotopic (exact) mass is 278 g/mol. The summed E-state index contributed by atoms with van der Waals surface area (Å²) in [6.07, 6.45) is 2.41. The normalized spacial score (nSPS) is 21.4. The molecular formula is C14H18N2O2S. The van der Waals surface area contributed by atoms with Gasteiger partial charge in [0.1, 0.15) is 0 Å². The Morgan fingerprint density at radius 3 is 2.63 bits per heavy atom. The molecule has 1 saturated heterocycles. The van der Waals surface area contributed by atoms with E-state index in [2.05, 4.69) is 4.90 Å². The van der Waals surface area contributed by atoms with E-state index in [1.165, 1.54) is 18.2 Å². The van der Waals surface area contributed by atoms with Crippen LogP contribution in [-0.4, -0.2) is 33.0 Å². The van der Waals surface area contributed by atoms with Crippen LogP contribution >= 0.6 is 0 Å². The highest BCUT2D eigenvalue weighted by molar-refractivity contribution is 7.95. The van der Waals surface area contributed by atoms with Crippen LogP contribution in [0.25, 0.3) is 5.57 Å². The smallest absolute Gasteiger partial charge is 0.200 e. The molecule has 1 fully saturated rings. The lowest BCUT2D eigenvalue weighted by atomic mass is 10.0. The van der Waals surface area contributed by atoms with E-state index >= 15 is 0 Å². The number of rotatable bonds is 3. The Morgan fingerprint density at radius 2 is 1.95 bits per heavy atom. The SMILES string of the molecule is NCc1ccc2c(c1)C(CN1CCCC1)=CS2(=O)=O. The summed E-state index contributed by atoms with van der Waals surface area (Å²) in [5, 5.41) is 1.43. The van der Waals surface area contributed by atoms with Gasteiger partial charge in [-0.1, -0.05) is 6.07 Å². The van der Waals surface area contributed by atoms with Crippen molar-refractivity contribution in [3.63, 3.8) is 0 Å². The van der Waals surface area contributed by atoms with Crippen molar-refractivity contribution < 1.29 is 8.42 Å². The number of nitrogens with two attached hydrogens (primary N) is 1. The summed E-state index contributed by atoms with van der Waals surface area (Å²) in [5.74, 6) is 0. The van der Waals surface area contributed by atoms with E-state index in [4.69, 9.17) is 5.73 Å². The molecular weight excluding hydrogens is 260 g/mol. The number of fused-ring (bicyclic) bond motifs is 1. The Balaban J connectivity index is 1.98. The molecule has 4 nitrogen and oxygen atoms in total. The van der Waals surface area contributed by atoms with Crippen LogP contribution in [0.1, 0.15) is 24.0 Å². The zero-order valence-corrected chi connectivity index (χ0v) is 11.6. The van der Waals surface area contributed by atoms with Gasteiger partial charge >= 0.3 is 0 Å². The maximum absolute atomic E-state index is 12.1. The maximum atomic E-state index is 12.1. The molecule has 0 radical (unpaired) electrons. The predicted molar refractivity (Wildman–Crippen MR) is 75.2 cm³/mol. The number of hydrogen-bond donors (Lipinski definition) is 1. The molecule has 0 aromatic heterocycles. The third-order valence-corrected chi connectivity index (χ3v) is 5.39.